The highest BCUT2D eigenvalue weighted by molar-refractivity contribution is 7.71. The summed E-state index contributed by atoms with van der Waals surface area (Å²) in [6, 6.07) is 0.783. The van der Waals surface area contributed by atoms with E-state index in [4.69, 9.17) is 17.3 Å². The van der Waals surface area contributed by atoms with Gasteiger partial charge in [0.15, 0.2) is 4.77 Å². The summed E-state index contributed by atoms with van der Waals surface area (Å²) in [6.45, 7) is 3.21. The third-order valence-electron chi connectivity index (χ3n) is 5.96. The molecule has 0 amide bonds. The molecule has 3 aliphatic rings. The van der Waals surface area contributed by atoms with Gasteiger partial charge >= 0.3 is 0 Å². The smallest absolute Gasteiger partial charge is 0.199 e. The molecule has 0 spiro atoms. The fraction of sp³-hybridized carbons (Fsp3) is 0.882. The van der Waals surface area contributed by atoms with Crippen LogP contribution in [0.2, 0.25) is 0 Å². The molecule has 0 unspecified atom stereocenters. The van der Waals surface area contributed by atoms with Gasteiger partial charge in [-0.1, -0.05) is 19.3 Å². The van der Waals surface area contributed by atoms with E-state index in [-0.39, 0.29) is 0 Å². The van der Waals surface area contributed by atoms with Crippen molar-refractivity contribution < 1.29 is 0 Å². The molecule has 1 saturated heterocycles. The van der Waals surface area contributed by atoms with Gasteiger partial charge in [-0.15, -0.1) is 0 Å². The summed E-state index contributed by atoms with van der Waals surface area (Å²) >= 11 is 5.72. The lowest BCUT2D eigenvalue weighted by Gasteiger charge is -2.43. The molecule has 5 heteroatoms. The molecule has 4 rings (SSSR count). The Morgan fingerprint density at radius 1 is 0.955 bits per heavy atom. The van der Waals surface area contributed by atoms with Crippen molar-refractivity contribution in [3.63, 3.8) is 0 Å². The van der Waals surface area contributed by atoms with E-state index in [9.17, 15) is 0 Å². The third kappa shape index (κ3) is 2.78. The predicted octanol–water partition coefficient (Wildman–Crippen LogP) is 3.75. The van der Waals surface area contributed by atoms with Crippen molar-refractivity contribution in [2.24, 2.45) is 5.92 Å². The lowest BCUT2D eigenvalue weighted by atomic mass is 9.78. The van der Waals surface area contributed by atoms with E-state index in [2.05, 4.69) is 14.1 Å². The first-order chi connectivity index (χ1) is 10.8. The number of nitrogens with zero attached hydrogens (tertiary/aromatic N) is 4. The summed E-state index contributed by atoms with van der Waals surface area (Å²) in [6.07, 6.45) is 13.4. The van der Waals surface area contributed by atoms with Gasteiger partial charge in [0.25, 0.3) is 0 Å². The topological polar surface area (TPSA) is 26.0 Å². The molecule has 1 aliphatic carbocycles. The minimum absolute atomic E-state index is 0.783. The average molecular weight is 321 g/mol. The Hall–Kier alpha value is -0.680. The van der Waals surface area contributed by atoms with Crippen LogP contribution in [0.1, 0.15) is 63.6 Å². The zero-order valence-corrected chi connectivity index (χ0v) is 14.4. The number of rotatable bonds is 2. The molecular weight excluding hydrogens is 292 g/mol. The average Bonchev–Trinajstić information content (AvgIpc) is 2.73. The first-order valence-corrected chi connectivity index (χ1v) is 9.64. The van der Waals surface area contributed by atoms with E-state index in [0.29, 0.717) is 0 Å². The maximum atomic E-state index is 5.72. The quantitative estimate of drug-likeness (QED) is 0.776. The van der Waals surface area contributed by atoms with Crippen LogP contribution in [0.25, 0.3) is 0 Å². The van der Waals surface area contributed by atoms with Crippen LogP contribution < -0.4 is 0 Å². The van der Waals surface area contributed by atoms with Gasteiger partial charge in [0, 0.05) is 25.6 Å². The van der Waals surface area contributed by atoms with Gasteiger partial charge in [-0.2, -0.15) is 5.10 Å². The van der Waals surface area contributed by atoms with Crippen LogP contribution in [0.15, 0.2) is 0 Å². The number of aryl methyl sites for hydroxylation is 1. The first-order valence-electron chi connectivity index (χ1n) is 9.23. The number of hydrogen-bond donors (Lipinski definition) is 0. The van der Waals surface area contributed by atoms with E-state index in [1.54, 1.807) is 0 Å². The molecule has 2 aliphatic heterocycles. The van der Waals surface area contributed by atoms with Crippen molar-refractivity contribution in [3.05, 3.63) is 10.6 Å². The van der Waals surface area contributed by atoms with Crippen LogP contribution in [0.4, 0.5) is 0 Å². The Bertz CT molecular complexity index is 574. The fourth-order valence-electron chi connectivity index (χ4n) is 4.79. The Balaban J connectivity index is 1.54. The Kier molecular flexibility index (Phi) is 4.36. The summed E-state index contributed by atoms with van der Waals surface area (Å²) < 4.78 is 5.37. The summed E-state index contributed by atoms with van der Waals surface area (Å²) in [5.41, 5.74) is 0. The molecule has 0 bridgehead atoms. The normalized spacial score (nSPS) is 29.6. The third-order valence-corrected chi connectivity index (χ3v) is 6.39. The zero-order valence-electron chi connectivity index (χ0n) is 13.5. The molecule has 1 saturated carbocycles. The van der Waals surface area contributed by atoms with Gasteiger partial charge in [-0.3, -0.25) is 4.90 Å². The molecule has 0 radical (unpaired) electrons. The number of piperidine rings is 1. The van der Waals surface area contributed by atoms with E-state index in [1.807, 2.05) is 0 Å². The van der Waals surface area contributed by atoms with E-state index in [1.165, 1.54) is 70.2 Å². The molecule has 2 fully saturated rings. The van der Waals surface area contributed by atoms with Gasteiger partial charge in [0.2, 0.25) is 0 Å². The molecular formula is C17H28N4S. The second-order valence-electron chi connectivity index (χ2n) is 7.37. The minimum Gasteiger partial charge on any atom is -0.304 e. The Morgan fingerprint density at radius 2 is 1.82 bits per heavy atom. The highest BCUT2D eigenvalue weighted by Crippen LogP contribution is 2.35. The Labute approximate surface area is 138 Å². The van der Waals surface area contributed by atoms with Crippen LogP contribution in [-0.2, 0) is 19.6 Å². The number of fused-ring (bicyclic) bond motifs is 2. The molecule has 3 heterocycles. The predicted molar refractivity (Wildman–Crippen MR) is 90.3 cm³/mol. The molecule has 122 valence electrons. The van der Waals surface area contributed by atoms with Gasteiger partial charge in [0.05, 0.1) is 6.67 Å². The van der Waals surface area contributed by atoms with Crippen LogP contribution >= 0.6 is 12.2 Å². The molecule has 0 N–H and O–H groups in total. The van der Waals surface area contributed by atoms with Crippen LogP contribution in [0.5, 0.6) is 0 Å². The second-order valence-corrected chi connectivity index (χ2v) is 7.73. The summed E-state index contributed by atoms with van der Waals surface area (Å²) in [5.74, 6) is 2.15. The molecule has 22 heavy (non-hydrogen) atoms. The van der Waals surface area contributed by atoms with Gasteiger partial charge in [-0.25, -0.2) is 4.68 Å². The standard InChI is InChI=1S/C17H28N4S/c22-17-20-12-5-1-2-10-16(20)18-21(17)13-19-11-6-8-14-7-3-4-9-15(14)19/h14-15H,1-13H2/t14-,15+/m1/s1. The van der Waals surface area contributed by atoms with Crippen molar-refractivity contribution in [2.75, 3.05) is 6.54 Å². The lowest BCUT2D eigenvalue weighted by molar-refractivity contribution is 0.0322. The number of likely N-dealkylation sites (tertiary alicyclic amines) is 1. The minimum atomic E-state index is 0.783. The van der Waals surface area contributed by atoms with Gasteiger partial charge in [0.1, 0.15) is 5.82 Å². The van der Waals surface area contributed by atoms with Crippen LogP contribution in [-0.4, -0.2) is 31.8 Å². The van der Waals surface area contributed by atoms with Crippen molar-refractivity contribution >= 4 is 12.2 Å². The highest BCUT2D eigenvalue weighted by atomic mass is 32.1. The highest BCUT2D eigenvalue weighted by Gasteiger charge is 2.33. The summed E-state index contributed by atoms with van der Waals surface area (Å²) in [4.78, 5) is 2.68. The summed E-state index contributed by atoms with van der Waals surface area (Å²) in [7, 11) is 0. The van der Waals surface area contributed by atoms with Crippen molar-refractivity contribution in [2.45, 2.75) is 83.5 Å². The van der Waals surface area contributed by atoms with Crippen LogP contribution in [0, 0.1) is 10.7 Å². The number of hydrogen-bond acceptors (Lipinski definition) is 3. The van der Waals surface area contributed by atoms with Crippen molar-refractivity contribution in [3.8, 4) is 0 Å². The summed E-state index contributed by atoms with van der Waals surface area (Å²) in [5, 5.41) is 4.88. The monoisotopic (exact) mass is 320 g/mol. The van der Waals surface area contributed by atoms with Crippen LogP contribution in [0.3, 0.4) is 0 Å². The SMILES string of the molecule is S=c1n(CN2CCC[C@H]3CCCC[C@@H]32)nc2n1CCCCC2. The molecule has 1 aromatic heterocycles. The first kappa shape index (κ1) is 14.9. The lowest BCUT2D eigenvalue weighted by Crippen LogP contribution is -2.47. The maximum absolute atomic E-state index is 5.72. The fourth-order valence-corrected chi connectivity index (χ4v) is 5.09. The van der Waals surface area contributed by atoms with Gasteiger partial charge in [-0.05, 0) is 56.7 Å². The van der Waals surface area contributed by atoms with E-state index >= 15 is 0 Å². The van der Waals surface area contributed by atoms with E-state index in [0.717, 1.165) is 36.4 Å². The zero-order chi connectivity index (χ0) is 14.9. The van der Waals surface area contributed by atoms with Crippen molar-refractivity contribution in [1.29, 1.82) is 0 Å². The second kappa shape index (κ2) is 6.44. The molecule has 0 aromatic carbocycles. The molecule has 2 atom stereocenters. The van der Waals surface area contributed by atoms with Gasteiger partial charge < -0.3 is 4.57 Å². The Morgan fingerprint density at radius 3 is 2.77 bits per heavy atom. The molecule has 1 aromatic rings. The molecule has 4 nitrogen and oxygen atoms in total. The maximum Gasteiger partial charge on any atom is 0.199 e. The largest absolute Gasteiger partial charge is 0.304 e. The van der Waals surface area contributed by atoms with E-state index < -0.39 is 0 Å². The number of aromatic nitrogens is 3. The van der Waals surface area contributed by atoms with Crippen molar-refractivity contribution in [1.82, 2.24) is 19.2 Å².